The number of alkyl halides is 1. The number of likely N-dealkylation sites (tertiary alicyclic amines) is 2. The lowest BCUT2D eigenvalue weighted by Crippen LogP contribution is -2.55. The summed E-state index contributed by atoms with van der Waals surface area (Å²) in [5.41, 5.74) is 0.212. The minimum Gasteiger partial charge on any atom is -0.325 e. The van der Waals surface area contributed by atoms with Gasteiger partial charge in [-0.1, -0.05) is 23.7 Å². The lowest BCUT2D eigenvalue weighted by atomic mass is 9.99. The standard InChI is InChI=1S/C17H22ClF2N3O3S/c1-2-27(25,26)21-16-13(19)10-23(17(24)22-7-4-8-22)14(16)9-11-5-3-6-12(18)15(11)20/h3,5-6,13-14,16,21H,2,4,7-10H2,1H3/t13-,14-,16-/m0/s1. The highest BCUT2D eigenvalue weighted by Gasteiger charge is 2.47. The second-order valence-electron chi connectivity index (χ2n) is 6.82. The van der Waals surface area contributed by atoms with Gasteiger partial charge in [-0.3, -0.25) is 0 Å². The van der Waals surface area contributed by atoms with Crippen LogP contribution in [-0.4, -0.2) is 67.9 Å². The number of benzene rings is 1. The van der Waals surface area contributed by atoms with Crippen LogP contribution in [0.3, 0.4) is 0 Å². The van der Waals surface area contributed by atoms with Gasteiger partial charge in [-0.25, -0.2) is 26.7 Å². The average Bonchev–Trinajstić information content (AvgIpc) is 2.86. The Morgan fingerprint density at radius 3 is 2.67 bits per heavy atom. The Morgan fingerprint density at radius 1 is 1.37 bits per heavy atom. The monoisotopic (exact) mass is 421 g/mol. The molecule has 2 saturated heterocycles. The lowest BCUT2D eigenvalue weighted by molar-refractivity contribution is 0.119. The summed E-state index contributed by atoms with van der Waals surface area (Å²) in [7, 11) is -3.70. The van der Waals surface area contributed by atoms with E-state index in [-0.39, 0.29) is 35.3 Å². The second kappa shape index (κ2) is 7.89. The van der Waals surface area contributed by atoms with E-state index in [0.29, 0.717) is 13.1 Å². The number of carbonyl (C=O) groups excluding carboxylic acids is 1. The van der Waals surface area contributed by atoms with Crippen molar-refractivity contribution < 1.29 is 22.0 Å². The summed E-state index contributed by atoms with van der Waals surface area (Å²) in [6.45, 7) is 2.37. The van der Waals surface area contributed by atoms with E-state index >= 15 is 0 Å². The quantitative estimate of drug-likeness (QED) is 0.792. The van der Waals surface area contributed by atoms with Gasteiger partial charge in [0.05, 0.1) is 29.4 Å². The molecular weight excluding hydrogens is 400 g/mol. The second-order valence-corrected chi connectivity index (χ2v) is 9.27. The molecule has 6 nitrogen and oxygen atoms in total. The molecule has 150 valence electrons. The fourth-order valence-corrected chi connectivity index (χ4v) is 4.47. The fourth-order valence-electron chi connectivity index (χ4n) is 3.39. The summed E-state index contributed by atoms with van der Waals surface area (Å²) in [5.74, 6) is -0.857. The molecule has 0 unspecified atom stereocenters. The maximum atomic E-state index is 14.7. The zero-order valence-electron chi connectivity index (χ0n) is 14.9. The maximum absolute atomic E-state index is 14.7. The molecule has 2 amide bonds. The molecule has 1 aromatic carbocycles. The molecule has 0 aromatic heterocycles. The summed E-state index contributed by atoms with van der Waals surface area (Å²) in [5, 5.41) is -0.0754. The number of hydrogen-bond donors (Lipinski definition) is 1. The third kappa shape index (κ3) is 4.20. The number of sulfonamides is 1. The van der Waals surface area contributed by atoms with Crippen molar-refractivity contribution in [2.75, 3.05) is 25.4 Å². The summed E-state index contributed by atoms with van der Waals surface area (Å²) < 4.78 is 55.5. The first-order chi connectivity index (χ1) is 12.7. The van der Waals surface area contributed by atoms with Crippen LogP contribution in [0, 0.1) is 5.82 Å². The van der Waals surface area contributed by atoms with Crippen LogP contribution >= 0.6 is 11.6 Å². The lowest BCUT2D eigenvalue weighted by Gasteiger charge is -2.37. The molecule has 0 bridgehead atoms. The Labute approximate surface area is 162 Å². The molecule has 2 aliphatic heterocycles. The number of hydrogen-bond acceptors (Lipinski definition) is 3. The van der Waals surface area contributed by atoms with E-state index in [1.54, 1.807) is 11.0 Å². The van der Waals surface area contributed by atoms with Crippen molar-refractivity contribution in [3.63, 3.8) is 0 Å². The zero-order valence-corrected chi connectivity index (χ0v) is 16.4. The summed E-state index contributed by atoms with van der Waals surface area (Å²) in [4.78, 5) is 15.6. The first-order valence-corrected chi connectivity index (χ1v) is 10.9. The summed E-state index contributed by atoms with van der Waals surface area (Å²) in [6.07, 6.45) is -0.745. The van der Waals surface area contributed by atoms with Crippen molar-refractivity contribution in [1.29, 1.82) is 0 Å². The highest BCUT2D eigenvalue weighted by Crippen LogP contribution is 2.29. The van der Waals surface area contributed by atoms with Crippen molar-refractivity contribution in [1.82, 2.24) is 14.5 Å². The van der Waals surface area contributed by atoms with Crippen LogP contribution in [-0.2, 0) is 16.4 Å². The summed E-state index contributed by atoms with van der Waals surface area (Å²) in [6, 6.07) is 2.13. The third-order valence-electron chi connectivity index (χ3n) is 5.10. The van der Waals surface area contributed by atoms with E-state index in [4.69, 9.17) is 11.6 Å². The molecule has 27 heavy (non-hydrogen) atoms. The smallest absolute Gasteiger partial charge is 0.320 e. The molecule has 2 aliphatic rings. The van der Waals surface area contributed by atoms with Gasteiger partial charge in [0.1, 0.15) is 12.0 Å². The number of rotatable bonds is 5. The molecule has 3 atom stereocenters. The Bertz CT molecular complexity index is 820. The van der Waals surface area contributed by atoms with Crippen LogP contribution < -0.4 is 4.72 Å². The highest BCUT2D eigenvalue weighted by molar-refractivity contribution is 7.89. The SMILES string of the molecule is CCS(=O)(=O)N[C@H]1[C@@H](F)CN(C(=O)N2CCC2)[C@H]1Cc1cccc(Cl)c1F. The van der Waals surface area contributed by atoms with E-state index in [1.807, 2.05) is 0 Å². The van der Waals surface area contributed by atoms with Crippen molar-refractivity contribution >= 4 is 27.7 Å². The predicted octanol–water partition coefficient (Wildman–Crippen LogP) is 2.18. The van der Waals surface area contributed by atoms with Gasteiger partial charge < -0.3 is 9.80 Å². The zero-order chi connectivity index (χ0) is 19.8. The van der Waals surface area contributed by atoms with Crippen molar-refractivity contribution in [3.05, 3.63) is 34.6 Å². The van der Waals surface area contributed by atoms with E-state index in [0.717, 1.165) is 6.42 Å². The van der Waals surface area contributed by atoms with Crippen molar-refractivity contribution in [2.45, 2.75) is 38.0 Å². The molecule has 3 rings (SSSR count). The van der Waals surface area contributed by atoms with Crippen molar-refractivity contribution in [3.8, 4) is 0 Å². The Balaban J connectivity index is 1.91. The molecule has 0 radical (unpaired) electrons. The predicted molar refractivity (Wildman–Crippen MR) is 98.5 cm³/mol. The van der Waals surface area contributed by atoms with Crippen LogP contribution in [0.15, 0.2) is 18.2 Å². The van der Waals surface area contributed by atoms with Gasteiger partial charge in [-0.15, -0.1) is 0 Å². The normalized spacial score (nSPS) is 25.6. The molecule has 10 heteroatoms. The van der Waals surface area contributed by atoms with Gasteiger partial charge in [-0.05, 0) is 31.4 Å². The van der Waals surface area contributed by atoms with E-state index < -0.39 is 34.1 Å². The molecule has 1 N–H and O–H groups in total. The van der Waals surface area contributed by atoms with Gasteiger partial charge in [0.2, 0.25) is 10.0 Å². The molecular formula is C17H22ClF2N3O3S. The summed E-state index contributed by atoms with van der Waals surface area (Å²) >= 11 is 5.82. The topological polar surface area (TPSA) is 69.7 Å². The number of nitrogens with zero attached hydrogens (tertiary/aromatic N) is 2. The molecule has 0 saturated carbocycles. The Hall–Kier alpha value is -1.45. The molecule has 0 spiro atoms. The molecule has 0 aliphatic carbocycles. The minimum absolute atomic E-state index is 0.0384. The molecule has 2 fully saturated rings. The third-order valence-corrected chi connectivity index (χ3v) is 6.79. The first-order valence-electron chi connectivity index (χ1n) is 8.86. The van der Waals surface area contributed by atoms with E-state index in [1.165, 1.54) is 24.0 Å². The average molecular weight is 422 g/mol. The van der Waals surface area contributed by atoms with Gasteiger partial charge in [-0.2, -0.15) is 0 Å². The highest BCUT2D eigenvalue weighted by atomic mass is 35.5. The number of nitrogens with one attached hydrogen (secondary N) is 1. The van der Waals surface area contributed by atoms with Crippen molar-refractivity contribution in [2.24, 2.45) is 0 Å². The minimum atomic E-state index is -3.70. The van der Waals surface area contributed by atoms with E-state index in [9.17, 15) is 22.0 Å². The number of halogens is 3. The van der Waals surface area contributed by atoms with Crippen LogP contribution in [0.4, 0.5) is 13.6 Å². The number of carbonyl (C=O) groups is 1. The van der Waals surface area contributed by atoms with Gasteiger partial charge >= 0.3 is 6.03 Å². The fraction of sp³-hybridized carbons (Fsp3) is 0.588. The molecule has 1 aromatic rings. The largest absolute Gasteiger partial charge is 0.325 e. The van der Waals surface area contributed by atoms with Gasteiger partial charge in [0.15, 0.2) is 0 Å². The number of amides is 2. The Morgan fingerprint density at radius 2 is 2.07 bits per heavy atom. The molecule has 2 heterocycles. The van der Waals surface area contributed by atoms with Crippen LogP contribution in [0.5, 0.6) is 0 Å². The van der Waals surface area contributed by atoms with E-state index in [2.05, 4.69) is 4.72 Å². The number of urea groups is 1. The maximum Gasteiger partial charge on any atom is 0.320 e. The van der Waals surface area contributed by atoms with Crippen LogP contribution in [0.2, 0.25) is 5.02 Å². The Kier molecular flexibility index (Phi) is 5.93. The van der Waals surface area contributed by atoms with Crippen LogP contribution in [0.1, 0.15) is 18.9 Å². The first kappa shape index (κ1) is 20.3. The van der Waals surface area contributed by atoms with Gasteiger partial charge in [0, 0.05) is 13.1 Å². The van der Waals surface area contributed by atoms with Crippen LogP contribution in [0.25, 0.3) is 0 Å². The van der Waals surface area contributed by atoms with Gasteiger partial charge in [0.25, 0.3) is 0 Å².